The van der Waals surface area contributed by atoms with Crippen LogP contribution in [0, 0.1) is 0 Å². The van der Waals surface area contributed by atoms with E-state index in [1.165, 1.54) is 31.4 Å². The molecule has 4 rings (SSSR count). The first-order chi connectivity index (χ1) is 16.8. The molecule has 1 aliphatic heterocycles. The Hall–Kier alpha value is -4.05. The fourth-order valence-corrected chi connectivity index (χ4v) is 4.14. The van der Waals surface area contributed by atoms with Crippen molar-refractivity contribution < 1.29 is 19.4 Å². The summed E-state index contributed by atoms with van der Waals surface area (Å²) in [6.07, 6.45) is 0.247. The lowest BCUT2D eigenvalue weighted by Gasteiger charge is -2.23. The summed E-state index contributed by atoms with van der Waals surface area (Å²) in [6, 6.07) is 10.7. The summed E-state index contributed by atoms with van der Waals surface area (Å²) in [5.74, 6) is 0.166. The first kappa shape index (κ1) is 24.1. The van der Waals surface area contributed by atoms with Gasteiger partial charge in [-0.2, -0.15) is 5.10 Å². The van der Waals surface area contributed by atoms with Crippen LogP contribution in [-0.4, -0.2) is 45.5 Å². The average molecular weight is 499 g/mol. The number of carbonyl (C=O) groups excluding carboxylic acids is 1. The Kier molecular flexibility index (Phi) is 6.65. The maximum absolute atomic E-state index is 12.8. The average Bonchev–Trinajstić information content (AvgIpc) is 3.28. The van der Waals surface area contributed by atoms with Gasteiger partial charge in [0.05, 0.1) is 31.7 Å². The molecule has 182 valence electrons. The quantitative estimate of drug-likeness (QED) is 0.538. The van der Waals surface area contributed by atoms with Crippen LogP contribution in [0.2, 0.25) is 5.02 Å². The molecule has 0 aliphatic carbocycles. The number of amides is 1. The molecule has 0 fully saturated rings. The van der Waals surface area contributed by atoms with Gasteiger partial charge in [-0.05, 0) is 42.5 Å². The number of ether oxygens (including phenoxy) is 2. The summed E-state index contributed by atoms with van der Waals surface area (Å²) in [5, 5.41) is 17.1. The Morgan fingerprint density at radius 2 is 1.89 bits per heavy atom. The van der Waals surface area contributed by atoms with Crippen molar-refractivity contribution in [3.8, 4) is 23.1 Å². The second kappa shape index (κ2) is 9.67. The molecule has 1 atom stereocenters. The number of H-pyrrole nitrogens is 1. The molecule has 11 heteroatoms. The predicted molar refractivity (Wildman–Crippen MR) is 130 cm³/mol. The van der Waals surface area contributed by atoms with E-state index in [0.717, 1.165) is 4.57 Å². The van der Waals surface area contributed by atoms with Gasteiger partial charge in [-0.3, -0.25) is 14.6 Å². The van der Waals surface area contributed by atoms with Gasteiger partial charge in [0.1, 0.15) is 17.1 Å². The highest BCUT2D eigenvalue weighted by molar-refractivity contribution is 6.30. The molecule has 0 saturated carbocycles. The smallest absolute Gasteiger partial charge is 0.335 e. The van der Waals surface area contributed by atoms with E-state index in [1.54, 1.807) is 37.3 Å². The van der Waals surface area contributed by atoms with Crippen LogP contribution in [0.15, 0.2) is 57.2 Å². The van der Waals surface area contributed by atoms with E-state index in [1.807, 2.05) is 0 Å². The molecular formula is C24H23ClN4O6. The number of benzene rings is 2. The number of methoxy groups -OCH3 is 2. The van der Waals surface area contributed by atoms with Gasteiger partial charge in [0.25, 0.3) is 5.56 Å². The number of halogens is 1. The Labute approximate surface area is 205 Å². The number of carbonyl (C=O) groups is 1. The molecule has 3 aromatic rings. The minimum atomic E-state index is -0.829. The predicted octanol–water partition coefficient (Wildman–Crippen LogP) is 2.99. The Balaban J connectivity index is 1.86. The van der Waals surface area contributed by atoms with Crippen molar-refractivity contribution in [2.45, 2.75) is 25.8 Å². The van der Waals surface area contributed by atoms with Crippen LogP contribution in [-0.2, 0) is 4.79 Å². The van der Waals surface area contributed by atoms with E-state index < -0.39 is 23.2 Å². The Morgan fingerprint density at radius 3 is 2.51 bits per heavy atom. The molecule has 2 N–H and O–H groups in total. The summed E-state index contributed by atoms with van der Waals surface area (Å²) < 4.78 is 11.8. The molecule has 1 amide bonds. The summed E-state index contributed by atoms with van der Waals surface area (Å²) in [7, 11) is 3.03. The summed E-state index contributed by atoms with van der Waals surface area (Å²) in [6.45, 7) is 1.70. The van der Waals surface area contributed by atoms with E-state index in [4.69, 9.17) is 21.1 Å². The third-order valence-electron chi connectivity index (χ3n) is 5.72. The summed E-state index contributed by atoms with van der Waals surface area (Å²) in [5.41, 5.74) is -0.806. The van der Waals surface area contributed by atoms with Gasteiger partial charge >= 0.3 is 5.69 Å². The highest BCUT2D eigenvalue weighted by atomic mass is 35.5. The van der Waals surface area contributed by atoms with Crippen LogP contribution >= 0.6 is 11.6 Å². The molecule has 0 saturated heterocycles. The van der Waals surface area contributed by atoms with Gasteiger partial charge in [-0.1, -0.05) is 18.5 Å². The van der Waals surface area contributed by atoms with E-state index in [-0.39, 0.29) is 30.0 Å². The lowest BCUT2D eigenvalue weighted by atomic mass is 9.98. The van der Waals surface area contributed by atoms with Crippen molar-refractivity contribution in [3.63, 3.8) is 0 Å². The number of rotatable bonds is 6. The van der Waals surface area contributed by atoms with Crippen molar-refractivity contribution in [1.82, 2.24) is 14.6 Å². The number of nitrogens with zero attached hydrogens (tertiary/aromatic N) is 3. The standard InChI is InChI=1S/C24H23ClN4O6/c1-4-20(30)29-18(16-11-15(34-2)9-10-19(16)35-3)12-17(27-29)21-22(31)26-24(33)28(23(21)32)14-7-5-13(25)6-8-14/h5-11,18,32H,4,12H2,1-3H3,(H,26,31,33). The highest BCUT2D eigenvalue weighted by Gasteiger charge is 2.37. The third kappa shape index (κ3) is 4.40. The highest BCUT2D eigenvalue weighted by Crippen LogP contribution is 2.40. The molecule has 35 heavy (non-hydrogen) atoms. The molecule has 2 aromatic carbocycles. The number of aromatic nitrogens is 2. The normalized spacial score (nSPS) is 15.1. The summed E-state index contributed by atoms with van der Waals surface area (Å²) in [4.78, 5) is 40.4. The Morgan fingerprint density at radius 1 is 1.17 bits per heavy atom. The molecule has 1 aliphatic rings. The van der Waals surface area contributed by atoms with Gasteiger partial charge in [0.15, 0.2) is 0 Å². The first-order valence-electron chi connectivity index (χ1n) is 10.7. The van der Waals surface area contributed by atoms with E-state index in [9.17, 15) is 19.5 Å². The second-order valence-electron chi connectivity index (χ2n) is 7.74. The zero-order valence-corrected chi connectivity index (χ0v) is 20.0. The van der Waals surface area contributed by atoms with Crippen LogP contribution in [0.5, 0.6) is 17.4 Å². The number of nitrogens with one attached hydrogen (secondary N) is 1. The third-order valence-corrected chi connectivity index (χ3v) is 5.98. The molecule has 1 unspecified atom stereocenters. The molecule has 0 bridgehead atoms. The van der Waals surface area contributed by atoms with E-state index >= 15 is 0 Å². The fraction of sp³-hybridized carbons (Fsp3) is 0.250. The number of hydrogen-bond acceptors (Lipinski definition) is 7. The fourth-order valence-electron chi connectivity index (χ4n) is 4.01. The van der Waals surface area contributed by atoms with Crippen molar-refractivity contribution in [2.24, 2.45) is 5.10 Å². The van der Waals surface area contributed by atoms with Gasteiger partial charge < -0.3 is 14.6 Å². The maximum atomic E-state index is 12.8. The van der Waals surface area contributed by atoms with E-state index in [2.05, 4.69) is 10.1 Å². The van der Waals surface area contributed by atoms with Crippen LogP contribution in [0.3, 0.4) is 0 Å². The van der Waals surface area contributed by atoms with Crippen LogP contribution < -0.4 is 20.7 Å². The topological polar surface area (TPSA) is 126 Å². The number of hydrazone groups is 1. The Bertz CT molecular complexity index is 1430. The van der Waals surface area contributed by atoms with Crippen LogP contribution in [0.4, 0.5) is 0 Å². The monoisotopic (exact) mass is 498 g/mol. The second-order valence-corrected chi connectivity index (χ2v) is 8.17. The minimum Gasteiger partial charge on any atom is -0.497 e. The van der Waals surface area contributed by atoms with Gasteiger partial charge in [0.2, 0.25) is 11.8 Å². The number of aromatic hydroxyl groups is 1. The number of aromatic amines is 1. The van der Waals surface area contributed by atoms with Crippen molar-refractivity contribution >= 4 is 23.2 Å². The zero-order valence-electron chi connectivity index (χ0n) is 19.2. The molecular weight excluding hydrogens is 476 g/mol. The largest absolute Gasteiger partial charge is 0.497 e. The lowest BCUT2D eigenvalue weighted by molar-refractivity contribution is -0.132. The maximum Gasteiger partial charge on any atom is 0.335 e. The van der Waals surface area contributed by atoms with Gasteiger partial charge in [-0.15, -0.1) is 0 Å². The minimum absolute atomic E-state index is 0.0880. The van der Waals surface area contributed by atoms with Crippen molar-refractivity contribution in [1.29, 1.82) is 0 Å². The molecule has 1 aromatic heterocycles. The molecule has 0 radical (unpaired) electrons. The van der Waals surface area contributed by atoms with Crippen molar-refractivity contribution in [2.75, 3.05) is 14.2 Å². The first-order valence-corrected chi connectivity index (χ1v) is 11.1. The van der Waals surface area contributed by atoms with Gasteiger partial charge in [-0.25, -0.2) is 14.4 Å². The van der Waals surface area contributed by atoms with Gasteiger partial charge in [0, 0.05) is 23.4 Å². The summed E-state index contributed by atoms with van der Waals surface area (Å²) >= 11 is 5.94. The zero-order chi connectivity index (χ0) is 25.3. The van der Waals surface area contributed by atoms with E-state index in [0.29, 0.717) is 27.8 Å². The molecule has 2 heterocycles. The number of hydrogen-bond donors (Lipinski definition) is 2. The SMILES string of the molecule is CCC(=O)N1N=C(c2c(O)n(-c3ccc(Cl)cc3)c(=O)[nH]c2=O)CC1c1cc(OC)ccc1OC. The lowest BCUT2D eigenvalue weighted by Crippen LogP contribution is -2.33. The van der Waals surface area contributed by atoms with Crippen LogP contribution in [0.25, 0.3) is 5.69 Å². The molecule has 0 spiro atoms. The molecule has 10 nitrogen and oxygen atoms in total. The van der Waals surface area contributed by atoms with Crippen LogP contribution in [0.1, 0.15) is 36.9 Å². The van der Waals surface area contributed by atoms with Crippen molar-refractivity contribution in [3.05, 3.63) is 79.5 Å².